The van der Waals surface area contributed by atoms with Crippen LogP contribution >= 0.6 is 0 Å². The van der Waals surface area contributed by atoms with Crippen molar-refractivity contribution in [3.05, 3.63) is 29.8 Å². The fourth-order valence-corrected chi connectivity index (χ4v) is 6.79. The number of hydrogen-bond acceptors (Lipinski definition) is 8. The Hall–Kier alpha value is -2.25. The zero-order valence-electron chi connectivity index (χ0n) is 21.8. The summed E-state index contributed by atoms with van der Waals surface area (Å²) in [6, 6.07) is 6.33. The van der Waals surface area contributed by atoms with E-state index in [4.69, 9.17) is 14.2 Å². The van der Waals surface area contributed by atoms with Crippen LogP contribution in [0.3, 0.4) is 0 Å². The summed E-state index contributed by atoms with van der Waals surface area (Å²) in [5.74, 6) is -0.00328. The topological polar surface area (TPSA) is 127 Å². The van der Waals surface area contributed by atoms with Crippen molar-refractivity contribution in [1.82, 2.24) is 19.8 Å². The number of rotatable bonds is 3. The molecule has 0 aliphatic carbocycles. The second-order valence-corrected chi connectivity index (χ2v) is 12.4. The predicted molar refractivity (Wildman–Crippen MR) is 139 cm³/mol. The Balaban J connectivity index is 1.42. The summed E-state index contributed by atoms with van der Waals surface area (Å²) in [6.45, 7) is 3.42. The Morgan fingerprint density at radius 3 is 2.58 bits per heavy atom. The molecule has 2 N–H and O–H groups in total. The molecule has 2 amide bonds. The molecule has 12 heteroatoms. The van der Waals surface area contributed by atoms with Crippen LogP contribution in [0.2, 0.25) is 0 Å². The molecule has 2 bridgehead atoms. The molecule has 0 unspecified atom stereocenters. The summed E-state index contributed by atoms with van der Waals surface area (Å²) in [5.41, 5.74) is 0.446. The number of carbonyl (C=O) groups excluding carboxylic acids is 2. The molecule has 11 nitrogen and oxygen atoms in total. The van der Waals surface area contributed by atoms with Gasteiger partial charge in [0.1, 0.15) is 11.8 Å². The first kappa shape index (κ1) is 27.3. The minimum atomic E-state index is -3.45. The Morgan fingerprint density at radius 1 is 1.00 bits per heavy atom. The van der Waals surface area contributed by atoms with Gasteiger partial charge in [0.15, 0.2) is 0 Å². The highest BCUT2D eigenvalue weighted by atomic mass is 32.2. The van der Waals surface area contributed by atoms with Crippen LogP contribution in [0.25, 0.3) is 0 Å². The zero-order valence-corrected chi connectivity index (χ0v) is 22.7. The maximum atomic E-state index is 13.8. The number of sulfonamides is 1. The normalized spacial score (nSPS) is 30.4. The summed E-state index contributed by atoms with van der Waals surface area (Å²) in [5, 5.41) is 3.00. The molecular weight excluding hydrogens is 512 g/mol. The average molecular weight is 551 g/mol. The summed E-state index contributed by atoms with van der Waals surface area (Å²) in [4.78, 5) is 31.4. The highest BCUT2D eigenvalue weighted by molar-refractivity contribution is 7.88. The summed E-state index contributed by atoms with van der Waals surface area (Å²) >= 11 is 0. The SMILES string of the molecule is CS(=O)(=O)N[C@@H]1CC[C@H]2CCOc3ccccc3C(=O)N3CCN(C4CCOCC4)C[C@H]3C(=O)NC[C@H]1O2. The molecule has 3 saturated heterocycles. The van der Waals surface area contributed by atoms with Crippen LogP contribution in [0.5, 0.6) is 5.75 Å². The largest absolute Gasteiger partial charge is 0.493 e. The molecule has 0 aromatic heterocycles. The van der Waals surface area contributed by atoms with Crippen molar-refractivity contribution in [2.75, 3.05) is 52.3 Å². The van der Waals surface area contributed by atoms with Gasteiger partial charge < -0.3 is 24.4 Å². The number of benzene rings is 1. The van der Waals surface area contributed by atoms with Gasteiger partial charge in [0.25, 0.3) is 5.91 Å². The van der Waals surface area contributed by atoms with Gasteiger partial charge in [-0.05, 0) is 37.8 Å². The van der Waals surface area contributed by atoms with Crippen LogP contribution in [0.1, 0.15) is 42.5 Å². The molecule has 210 valence electrons. The van der Waals surface area contributed by atoms with Crippen LogP contribution < -0.4 is 14.8 Å². The average Bonchev–Trinajstić information content (AvgIpc) is 2.91. The molecule has 0 spiro atoms. The molecule has 1 aromatic rings. The first-order valence-electron chi connectivity index (χ1n) is 13.5. The lowest BCUT2D eigenvalue weighted by Gasteiger charge is -2.45. The summed E-state index contributed by atoms with van der Waals surface area (Å²) < 4.78 is 44.5. The lowest BCUT2D eigenvalue weighted by Crippen LogP contribution is -2.63. The van der Waals surface area contributed by atoms with Gasteiger partial charge in [0, 0.05) is 57.9 Å². The van der Waals surface area contributed by atoms with E-state index in [0.29, 0.717) is 76.1 Å². The van der Waals surface area contributed by atoms with Gasteiger partial charge in [-0.25, -0.2) is 13.1 Å². The van der Waals surface area contributed by atoms with Crippen molar-refractivity contribution in [2.45, 2.75) is 62.4 Å². The molecule has 4 aliphatic heterocycles. The van der Waals surface area contributed by atoms with E-state index in [1.165, 1.54) is 0 Å². The number of ether oxygens (including phenoxy) is 3. The minimum Gasteiger partial charge on any atom is -0.493 e. The number of fused-ring (bicyclic) bond motifs is 4. The highest BCUT2D eigenvalue weighted by Crippen LogP contribution is 2.27. The number of nitrogens with one attached hydrogen (secondary N) is 2. The van der Waals surface area contributed by atoms with Gasteiger partial charge in [0.2, 0.25) is 15.9 Å². The van der Waals surface area contributed by atoms with Crippen molar-refractivity contribution in [2.24, 2.45) is 0 Å². The van der Waals surface area contributed by atoms with Crippen LogP contribution in [0, 0.1) is 0 Å². The fourth-order valence-electron chi connectivity index (χ4n) is 5.97. The Bertz CT molecular complexity index is 1110. The monoisotopic (exact) mass is 550 g/mol. The molecule has 0 radical (unpaired) electrons. The van der Waals surface area contributed by atoms with Gasteiger partial charge in [0.05, 0.1) is 30.6 Å². The molecule has 1 aromatic carbocycles. The van der Waals surface area contributed by atoms with Crippen molar-refractivity contribution < 1.29 is 32.2 Å². The van der Waals surface area contributed by atoms with Crippen LogP contribution in [-0.4, -0.2) is 113 Å². The zero-order chi connectivity index (χ0) is 26.7. The third-order valence-corrected chi connectivity index (χ3v) is 8.69. The number of nitrogens with zero attached hydrogens (tertiary/aromatic N) is 2. The van der Waals surface area contributed by atoms with Gasteiger partial charge in [-0.15, -0.1) is 0 Å². The van der Waals surface area contributed by atoms with Crippen molar-refractivity contribution >= 4 is 21.8 Å². The summed E-state index contributed by atoms with van der Waals surface area (Å²) in [6.07, 6.45) is 4.10. The number of piperazine rings is 1. The Labute approximate surface area is 224 Å². The first-order chi connectivity index (χ1) is 18.3. The van der Waals surface area contributed by atoms with E-state index in [1.54, 1.807) is 23.1 Å². The number of para-hydroxylation sites is 1. The number of carbonyl (C=O) groups is 2. The maximum absolute atomic E-state index is 13.8. The molecule has 4 aliphatic rings. The second-order valence-electron chi connectivity index (χ2n) is 10.6. The minimum absolute atomic E-state index is 0.143. The standard InChI is InChI=1S/C26H38N4O7S/c1-38(33,34)28-21-7-6-19-10-15-36-23-5-3-2-4-20(23)26(32)30-12-11-29(18-8-13-35-14-9-18)17-22(30)25(31)27-16-24(21)37-19/h2-5,18-19,21-22,24,28H,6-17H2,1H3,(H,27,31)/t19-,21+,22-,24+/m0/s1. The van der Waals surface area contributed by atoms with E-state index in [-0.39, 0.29) is 24.5 Å². The number of hydrogen-bond donors (Lipinski definition) is 2. The van der Waals surface area contributed by atoms with Gasteiger partial charge >= 0.3 is 0 Å². The van der Waals surface area contributed by atoms with Gasteiger partial charge in [-0.1, -0.05) is 12.1 Å². The van der Waals surface area contributed by atoms with E-state index in [1.807, 2.05) is 6.07 Å². The molecule has 5 rings (SSSR count). The van der Waals surface area contributed by atoms with E-state index in [2.05, 4.69) is 14.9 Å². The molecule has 4 heterocycles. The quantitative estimate of drug-likeness (QED) is 0.553. The van der Waals surface area contributed by atoms with Crippen molar-refractivity contribution in [1.29, 1.82) is 0 Å². The Kier molecular flexibility index (Phi) is 8.53. The van der Waals surface area contributed by atoms with E-state index in [0.717, 1.165) is 19.1 Å². The van der Waals surface area contributed by atoms with Crippen molar-refractivity contribution in [3.63, 3.8) is 0 Å². The van der Waals surface area contributed by atoms with Crippen molar-refractivity contribution in [3.8, 4) is 5.75 Å². The highest BCUT2D eigenvalue weighted by Gasteiger charge is 2.40. The van der Waals surface area contributed by atoms with Crippen LogP contribution in [-0.2, 0) is 24.3 Å². The smallest absolute Gasteiger partial charge is 0.258 e. The molecular formula is C26H38N4O7S. The lowest BCUT2D eigenvalue weighted by molar-refractivity contribution is -0.130. The first-order valence-corrected chi connectivity index (χ1v) is 15.4. The van der Waals surface area contributed by atoms with E-state index >= 15 is 0 Å². The maximum Gasteiger partial charge on any atom is 0.258 e. The van der Waals surface area contributed by atoms with Gasteiger partial charge in [-0.3, -0.25) is 14.5 Å². The second kappa shape index (κ2) is 11.9. The molecule has 3 fully saturated rings. The Morgan fingerprint density at radius 2 is 1.79 bits per heavy atom. The molecule has 38 heavy (non-hydrogen) atoms. The number of amides is 2. The molecule has 4 atom stereocenters. The van der Waals surface area contributed by atoms with Crippen LogP contribution in [0.15, 0.2) is 24.3 Å². The van der Waals surface area contributed by atoms with Gasteiger partial charge in [-0.2, -0.15) is 0 Å². The summed E-state index contributed by atoms with van der Waals surface area (Å²) in [7, 11) is -3.45. The van der Waals surface area contributed by atoms with E-state index < -0.39 is 28.2 Å². The third-order valence-electron chi connectivity index (χ3n) is 7.96. The lowest BCUT2D eigenvalue weighted by atomic mass is 9.97. The predicted octanol–water partition coefficient (Wildman–Crippen LogP) is 0.356. The van der Waals surface area contributed by atoms with E-state index in [9.17, 15) is 18.0 Å². The third kappa shape index (κ3) is 6.48. The molecule has 0 saturated carbocycles. The fraction of sp³-hybridized carbons (Fsp3) is 0.692. The van der Waals surface area contributed by atoms with Crippen LogP contribution in [0.4, 0.5) is 0 Å².